The van der Waals surface area contributed by atoms with Gasteiger partial charge in [-0.2, -0.15) is 0 Å². The Labute approximate surface area is 80.4 Å². The maximum absolute atomic E-state index is 12.6. The predicted molar refractivity (Wildman–Crippen MR) is 49.8 cm³/mol. The second-order valence-electron chi connectivity index (χ2n) is 2.84. The lowest BCUT2D eigenvalue weighted by Crippen LogP contribution is -1.92. The number of oxazole rings is 1. The third-order valence-corrected chi connectivity index (χ3v) is 1.85. The molecular formula is C10H9FN2O. The molecule has 1 aromatic heterocycles. The smallest absolute Gasteiger partial charge is 0.226 e. The van der Waals surface area contributed by atoms with Crippen molar-refractivity contribution >= 4 is 0 Å². The molecule has 4 heteroatoms. The molecule has 0 aliphatic heterocycles. The van der Waals surface area contributed by atoms with Crippen LogP contribution in [0.4, 0.5) is 4.39 Å². The van der Waals surface area contributed by atoms with E-state index in [-0.39, 0.29) is 5.82 Å². The summed E-state index contributed by atoms with van der Waals surface area (Å²) in [6.45, 7) is 0.314. The van der Waals surface area contributed by atoms with Crippen LogP contribution >= 0.6 is 0 Å². The highest BCUT2D eigenvalue weighted by Crippen LogP contribution is 2.18. The Kier molecular flexibility index (Phi) is 2.28. The molecule has 72 valence electrons. The fourth-order valence-corrected chi connectivity index (χ4v) is 1.13. The van der Waals surface area contributed by atoms with Gasteiger partial charge in [0.25, 0.3) is 0 Å². The zero-order valence-electron chi connectivity index (χ0n) is 7.40. The molecule has 0 atom stereocenters. The van der Waals surface area contributed by atoms with Gasteiger partial charge in [-0.05, 0) is 24.3 Å². The molecule has 0 saturated heterocycles. The summed E-state index contributed by atoms with van der Waals surface area (Å²) in [6.07, 6.45) is 1.57. The van der Waals surface area contributed by atoms with Gasteiger partial charge in [0.15, 0.2) is 0 Å². The van der Waals surface area contributed by atoms with Crippen LogP contribution in [-0.2, 0) is 6.54 Å². The van der Waals surface area contributed by atoms with Crippen LogP contribution in [0.5, 0.6) is 0 Å². The minimum Gasteiger partial charge on any atom is -0.440 e. The van der Waals surface area contributed by atoms with E-state index in [9.17, 15) is 4.39 Å². The summed E-state index contributed by atoms with van der Waals surface area (Å²) in [5, 5.41) is 0. The topological polar surface area (TPSA) is 52.0 Å². The van der Waals surface area contributed by atoms with E-state index < -0.39 is 0 Å². The third kappa shape index (κ3) is 1.65. The minimum absolute atomic E-state index is 0.278. The average molecular weight is 192 g/mol. The predicted octanol–water partition coefficient (Wildman–Crippen LogP) is 1.94. The second kappa shape index (κ2) is 3.59. The molecule has 14 heavy (non-hydrogen) atoms. The van der Waals surface area contributed by atoms with Gasteiger partial charge < -0.3 is 10.2 Å². The molecule has 1 heterocycles. The van der Waals surface area contributed by atoms with Crippen LogP contribution in [0.3, 0.4) is 0 Å². The maximum Gasteiger partial charge on any atom is 0.226 e. The Bertz CT molecular complexity index is 422. The third-order valence-electron chi connectivity index (χ3n) is 1.85. The lowest BCUT2D eigenvalue weighted by Gasteiger charge is -1.94. The molecule has 0 radical (unpaired) electrons. The summed E-state index contributed by atoms with van der Waals surface area (Å²) in [5.74, 6) is 0.800. The quantitative estimate of drug-likeness (QED) is 0.791. The zero-order chi connectivity index (χ0) is 9.97. The molecule has 3 nitrogen and oxygen atoms in total. The van der Waals surface area contributed by atoms with Crippen molar-refractivity contribution in [3.63, 3.8) is 0 Å². The first-order valence-corrected chi connectivity index (χ1v) is 4.20. The monoisotopic (exact) mass is 192 g/mol. The zero-order valence-corrected chi connectivity index (χ0v) is 7.40. The number of aromatic nitrogens is 1. The maximum atomic E-state index is 12.6. The Balaban J connectivity index is 2.34. The Morgan fingerprint density at radius 1 is 1.29 bits per heavy atom. The van der Waals surface area contributed by atoms with Gasteiger partial charge in [-0.1, -0.05) is 0 Å². The van der Waals surface area contributed by atoms with Crippen LogP contribution in [0.2, 0.25) is 0 Å². The molecule has 0 unspecified atom stereocenters. The van der Waals surface area contributed by atoms with E-state index >= 15 is 0 Å². The van der Waals surface area contributed by atoms with Crippen molar-refractivity contribution in [2.45, 2.75) is 6.54 Å². The largest absolute Gasteiger partial charge is 0.440 e. The van der Waals surface area contributed by atoms with Crippen LogP contribution in [0.25, 0.3) is 11.5 Å². The molecular weight excluding hydrogens is 183 g/mol. The molecule has 0 aliphatic rings. The summed E-state index contributed by atoms with van der Waals surface area (Å²) in [6, 6.07) is 5.95. The molecule has 2 N–H and O–H groups in total. The van der Waals surface area contributed by atoms with Crippen molar-refractivity contribution < 1.29 is 8.81 Å². The Hall–Kier alpha value is -1.68. The van der Waals surface area contributed by atoms with Gasteiger partial charge in [0, 0.05) is 5.56 Å². The SMILES string of the molecule is NCc1cnc(-c2ccc(F)cc2)o1. The number of benzene rings is 1. The molecule has 0 fully saturated rings. The van der Waals surface area contributed by atoms with E-state index in [4.69, 9.17) is 10.2 Å². The van der Waals surface area contributed by atoms with Gasteiger partial charge in [0.05, 0.1) is 12.7 Å². The average Bonchev–Trinajstić information content (AvgIpc) is 2.67. The number of nitrogens with two attached hydrogens (primary N) is 1. The molecule has 2 rings (SSSR count). The van der Waals surface area contributed by atoms with Gasteiger partial charge in [-0.25, -0.2) is 9.37 Å². The van der Waals surface area contributed by atoms with Crippen LogP contribution in [0, 0.1) is 5.82 Å². The second-order valence-corrected chi connectivity index (χ2v) is 2.84. The highest BCUT2D eigenvalue weighted by Gasteiger charge is 2.04. The van der Waals surface area contributed by atoms with E-state index in [1.807, 2.05) is 0 Å². The minimum atomic E-state index is -0.278. The van der Waals surface area contributed by atoms with E-state index in [1.165, 1.54) is 12.1 Å². The Morgan fingerprint density at radius 3 is 2.57 bits per heavy atom. The Morgan fingerprint density at radius 2 is 2.00 bits per heavy atom. The summed E-state index contributed by atoms with van der Waals surface area (Å²) >= 11 is 0. The number of rotatable bonds is 2. The highest BCUT2D eigenvalue weighted by molar-refractivity contribution is 5.52. The van der Waals surface area contributed by atoms with E-state index in [1.54, 1.807) is 18.3 Å². The van der Waals surface area contributed by atoms with Crippen LogP contribution in [0.1, 0.15) is 5.76 Å². The first kappa shape index (κ1) is 8.90. The molecule has 0 amide bonds. The molecule has 0 aliphatic carbocycles. The van der Waals surface area contributed by atoms with Gasteiger partial charge in [-0.3, -0.25) is 0 Å². The van der Waals surface area contributed by atoms with Crippen molar-refractivity contribution in [1.29, 1.82) is 0 Å². The van der Waals surface area contributed by atoms with Crippen molar-refractivity contribution in [2.24, 2.45) is 5.73 Å². The standard InChI is InChI=1S/C10H9FN2O/c11-8-3-1-7(2-4-8)10-13-6-9(5-12)14-10/h1-4,6H,5,12H2. The fourth-order valence-electron chi connectivity index (χ4n) is 1.13. The summed E-state index contributed by atoms with van der Waals surface area (Å²) in [4.78, 5) is 4.02. The van der Waals surface area contributed by atoms with E-state index in [2.05, 4.69) is 4.98 Å². The normalized spacial score (nSPS) is 10.4. The lowest BCUT2D eigenvalue weighted by molar-refractivity contribution is 0.520. The van der Waals surface area contributed by atoms with Crippen LogP contribution in [0.15, 0.2) is 34.9 Å². The fraction of sp³-hybridized carbons (Fsp3) is 0.100. The molecule has 0 spiro atoms. The lowest BCUT2D eigenvalue weighted by atomic mass is 10.2. The van der Waals surface area contributed by atoms with Gasteiger partial charge >= 0.3 is 0 Å². The molecule has 1 aromatic carbocycles. The number of hydrogen-bond acceptors (Lipinski definition) is 3. The number of hydrogen-bond donors (Lipinski definition) is 1. The van der Waals surface area contributed by atoms with E-state index in [0.29, 0.717) is 18.2 Å². The number of halogens is 1. The molecule has 0 saturated carbocycles. The van der Waals surface area contributed by atoms with Crippen molar-refractivity contribution in [3.8, 4) is 11.5 Å². The van der Waals surface area contributed by atoms with Gasteiger partial charge in [0.2, 0.25) is 5.89 Å². The van der Waals surface area contributed by atoms with Gasteiger partial charge in [0.1, 0.15) is 11.6 Å². The van der Waals surface area contributed by atoms with Crippen molar-refractivity contribution in [1.82, 2.24) is 4.98 Å². The van der Waals surface area contributed by atoms with Crippen molar-refractivity contribution in [2.75, 3.05) is 0 Å². The molecule has 2 aromatic rings. The van der Waals surface area contributed by atoms with E-state index in [0.717, 1.165) is 5.56 Å². The van der Waals surface area contributed by atoms with Crippen molar-refractivity contribution in [3.05, 3.63) is 42.0 Å². The van der Waals surface area contributed by atoms with Crippen LogP contribution in [-0.4, -0.2) is 4.98 Å². The first-order valence-electron chi connectivity index (χ1n) is 4.20. The first-order chi connectivity index (χ1) is 6.79. The summed E-state index contributed by atoms with van der Waals surface area (Å²) in [7, 11) is 0. The number of nitrogens with zero attached hydrogens (tertiary/aromatic N) is 1. The van der Waals surface area contributed by atoms with Crippen LogP contribution < -0.4 is 5.73 Å². The van der Waals surface area contributed by atoms with Gasteiger partial charge in [-0.15, -0.1) is 0 Å². The molecule has 0 bridgehead atoms. The summed E-state index contributed by atoms with van der Waals surface area (Å²) < 4.78 is 17.9. The highest BCUT2D eigenvalue weighted by atomic mass is 19.1. The summed E-state index contributed by atoms with van der Waals surface area (Å²) in [5.41, 5.74) is 6.11.